The Balaban J connectivity index is 1.15. The summed E-state index contributed by atoms with van der Waals surface area (Å²) in [6, 6.07) is 28.8. The SMILES string of the molecule is C(=Cc1nn[nH]n1)c1cccc(SCc2ccc(OCc3ccc4ccccc4n3)cc2)c1. The number of benzene rings is 3. The van der Waals surface area contributed by atoms with Gasteiger partial charge in [0.25, 0.3) is 0 Å². The van der Waals surface area contributed by atoms with Crippen molar-refractivity contribution < 1.29 is 4.74 Å². The monoisotopic (exact) mass is 451 g/mol. The number of thioether (sulfide) groups is 1. The van der Waals surface area contributed by atoms with Crippen LogP contribution in [-0.4, -0.2) is 25.6 Å². The number of fused-ring (bicyclic) bond motifs is 1. The Hall–Kier alpha value is -3.97. The first-order chi connectivity index (χ1) is 16.3. The van der Waals surface area contributed by atoms with Crippen LogP contribution in [0.15, 0.2) is 89.8 Å². The van der Waals surface area contributed by atoms with E-state index in [9.17, 15) is 0 Å². The summed E-state index contributed by atoms with van der Waals surface area (Å²) in [7, 11) is 0. The van der Waals surface area contributed by atoms with E-state index in [1.165, 1.54) is 10.5 Å². The molecule has 33 heavy (non-hydrogen) atoms. The molecule has 0 saturated carbocycles. The van der Waals surface area contributed by atoms with Gasteiger partial charge in [0.2, 0.25) is 0 Å². The standard InChI is InChI=1S/C26H21N5OS/c1-2-7-25-21(5-1)11-12-22(27-25)17-32-23-13-8-20(9-14-23)18-33-24-6-3-4-19(16-24)10-15-26-28-30-31-29-26/h1-16H,17-18H2,(H,28,29,30,31). The number of H-pyrrole nitrogens is 1. The molecule has 0 aliphatic carbocycles. The van der Waals surface area contributed by atoms with Crippen LogP contribution in [0.2, 0.25) is 0 Å². The normalized spacial score (nSPS) is 11.3. The third-order valence-electron chi connectivity index (χ3n) is 5.02. The molecule has 0 atom stereocenters. The van der Waals surface area contributed by atoms with Gasteiger partial charge in [0.15, 0.2) is 5.82 Å². The number of hydrogen-bond acceptors (Lipinski definition) is 6. The zero-order valence-corrected chi connectivity index (χ0v) is 18.6. The second-order valence-corrected chi connectivity index (χ2v) is 8.44. The van der Waals surface area contributed by atoms with Crippen molar-refractivity contribution >= 4 is 34.8 Å². The molecule has 3 aromatic carbocycles. The lowest BCUT2D eigenvalue weighted by Gasteiger charge is -2.08. The first-order valence-electron chi connectivity index (χ1n) is 10.5. The molecule has 0 aliphatic heterocycles. The molecule has 0 radical (unpaired) electrons. The lowest BCUT2D eigenvalue weighted by molar-refractivity contribution is 0.302. The minimum atomic E-state index is 0.448. The van der Waals surface area contributed by atoms with Crippen LogP contribution in [0.1, 0.15) is 22.6 Å². The van der Waals surface area contributed by atoms with Crippen molar-refractivity contribution in [1.82, 2.24) is 25.6 Å². The van der Waals surface area contributed by atoms with Crippen molar-refractivity contribution in [1.29, 1.82) is 0 Å². The molecule has 2 aromatic heterocycles. The van der Waals surface area contributed by atoms with E-state index in [1.807, 2.05) is 48.6 Å². The van der Waals surface area contributed by atoms with Crippen LogP contribution in [-0.2, 0) is 12.4 Å². The molecule has 0 saturated heterocycles. The second-order valence-electron chi connectivity index (χ2n) is 7.39. The number of nitrogens with zero attached hydrogens (tertiary/aromatic N) is 4. The molecule has 6 nitrogen and oxygen atoms in total. The Morgan fingerprint density at radius 1 is 0.879 bits per heavy atom. The van der Waals surface area contributed by atoms with E-state index in [1.54, 1.807) is 11.8 Å². The zero-order valence-electron chi connectivity index (χ0n) is 17.8. The van der Waals surface area contributed by atoms with Crippen LogP contribution in [0, 0.1) is 0 Å². The minimum absolute atomic E-state index is 0.448. The molecule has 0 aliphatic rings. The summed E-state index contributed by atoms with van der Waals surface area (Å²) in [5.41, 5.74) is 4.24. The van der Waals surface area contributed by atoms with E-state index in [4.69, 9.17) is 4.74 Å². The van der Waals surface area contributed by atoms with E-state index in [2.05, 4.69) is 74.1 Å². The fourth-order valence-electron chi connectivity index (χ4n) is 3.31. The lowest BCUT2D eigenvalue weighted by atomic mass is 10.2. The van der Waals surface area contributed by atoms with E-state index >= 15 is 0 Å². The molecule has 0 bridgehead atoms. The maximum Gasteiger partial charge on any atom is 0.197 e. The van der Waals surface area contributed by atoms with Crippen molar-refractivity contribution in [3.8, 4) is 5.75 Å². The molecule has 0 unspecified atom stereocenters. The van der Waals surface area contributed by atoms with Gasteiger partial charge in [-0.2, -0.15) is 5.21 Å². The van der Waals surface area contributed by atoms with Crippen LogP contribution in [0.25, 0.3) is 23.1 Å². The Morgan fingerprint density at radius 3 is 2.67 bits per heavy atom. The topological polar surface area (TPSA) is 76.6 Å². The van der Waals surface area contributed by atoms with Crippen LogP contribution in [0.4, 0.5) is 0 Å². The van der Waals surface area contributed by atoms with Crippen molar-refractivity contribution in [2.75, 3.05) is 0 Å². The first kappa shape index (κ1) is 20.9. The summed E-state index contributed by atoms with van der Waals surface area (Å²) in [6.07, 6.45) is 3.81. The summed E-state index contributed by atoms with van der Waals surface area (Å²) < 4.78 is 5.94. The van der Waals surface area contributed by atoms with Gasteiger partial charge >= 0.3 is 0 Å². The number of tetrazole rings is 1. The highest BCUT2D eigenvalue weighted by atomic mass is 32.2. The Bertz CT molecular complexity index is 1370. The number of aromatic nitrogens is 5. The number of pyridine rings is 1. The van der Waals surface area contributed by atoms with Crippen molar-refractivity contribution in [2.24, 2.45) is 0 Å². The number of ether oxygens (including phenoxy) is 1. The molecule has 2 heterocycles. The summed E-state index contributed by atoms with van der Waals surface area (Å²) in [6.45, 7) is 0.448. The molecule has 5 rings (SSSR count). The molecule has 162 valence electrons. The fraction of sp³-hybridized carbons (Fsp3) is 0.0769. The zero-order chi connectivity index (χ0) is 22.3. The Morgan fingerprint density at radius 2 is 1.79 bits per heavy atom. The highest BCUT2D eigenvalue weighted by Crippen LogP contribution is 2.25. The minimum Gasteiger partial charge on any atom is -0.487 e. The number of para-hydroxylation sites is 1. The van der Waals surface area contributed by atoms with Gasteiger partial charge in [0.05, 0.1) is 11.2 Å². The van der Waals surface area contributed by atoms with Gasteiger partial charge in [0, 0.05) is 16.0 Å². The van der Waals surface area contributed by atoms with Gasteiger partial charge in [-0.25, -0.2) is 4.98 Å². The molecule has 0 fully saturated rings. The number of hydrogen-bond donors (Lipinski definition) is 1. The van der Waals surface area contributed by atoms with E-state index < -0.39 is 0 Å². The van der Waals surface area contributed by atoms with Crippen LogP contribution >= 0.6 is 11.8 Å². The maximum atomic E-state index is 5.94. The highest BCUT2D eigenvalue weighted by molar-refractivity contribution is 7.98. The van der Waals surface area contributed by atoms with Crippen LogP contribution < -0.4 is 4.74 Å². The van der Waals surface area contributed by atoms with E-state index in [0.29, 0.717) is 12.4 Å². The van der Waals surface area contributed by atoms with Gasteiger partial charge in [-0.15, -0.1) is 22.0 Å². The average molecular weight is 452 g/mol. The third-order valence-corrected chi connectivity index (χ3v) is 6.08. The predicted octanol–water partition coefficient (Wildman–Crippen LogP) is 5.79. The largest absolute Gasteiger partial charge is 0.487 e. The van der Waals surface area contributed by atoms with Gasteiger partial charge in [-0.1, -0.05) is 54.6 Å². The Labute approximate surface area is 195 Å². The molecular weight excluding hydrogens is 430 g/mol. The third kappa shape index (κ3) is 5.64. The van der Waals surface area contributed by atoms with Gasteiger partial charge in [0.1, 0.15) is 12.4 Å². The molecular formula is C26H21N5OS. The van der Waals surface area contributed by atoms with Crippen molar-refractivity contribution in [3.63, 3.8) is 0 Å². The van der Waals surface area contributed by atoms with Crippen molar-refractivity contribution in [2.45, 2.75) is 17.3 Å². The summed E-state index contributed by atoms with van der Waals surface area (Å²) in [5.74, 6) is 2.28. The molecule has 1 N–H and O–H groups in total. The second kappa shape index (κ2) is 10.1. The smallest absolute Gasteiger partial charge is 0.197 e. The fourth-order valence-corrected chi connectivity index (χ4v) is 4.23. The summed E-state index contributed by atoms with van der Waals surface area (Å²) in [4.78, 5) is 5.86. The molecule has 7 heteroatoms. The molecule has 0 spiro atoms. The first-order valence-corrected chi connectivity index (χ1v) is 11.5. The van der Waals surface area contributed by atoms with E-state index in [0.717, 1.165) is 33.7 Å². The van der Waals surface area contributed by atoms with Gasteiger partial charge in [-0.3, -0.25) is 0 Å². The van der Waals surface area contributed by atoms with Gasteiger partial charge in [-0.05, 0) is 58.8 Å². The van der Waals surface area contributed by atoms with E-state index in [-0.39, 0.29) is 0 Å². The van der Waals surface area contributed by atoms with Gasteiger partial charge < -0.3 is 4.74 Å². The number of rotatable bonds is 8. The summed E-state index contributed by atoms with van der Waals surface area (Å²) in [5, 5.41) is 15.0. The lowest BCUT2D eigenvalue weighted by Crippen LogP contribution is -1.98. The number of aromatic amines is 1. The predicted molar refractivity (Wildman–Crippen MR) is 132 cm³/mol. The number of nitrogens with one attached hydrogen (secondary N) is 1. The maximum absolute atomic E-state index is 5.94. The van der Waals surface area contributed by atoms with Crippen LogP contribution in [0.5, 0.6) is 5.75 Å². The highest BCUT2D eigenvalue weighted by Gasteiger charge is 2.02. The Kier molecular flexibility index (Phi) is 6.40. The molecule has 5 aromatic rings. The summed E-state index contributed by atoms with van der Waals surface area (Å²) >= 11 is 1.79. The van der Waals surface area contributed by atoms with Crippen LogP contribution in [0.3, 0.4) is 0 Å². The molecule has 0 amide bonds. The van der Waals surface area contributed by atoms with Crippen molar-refractivity contribution in [3.05, 3.63) is 108 Å². The quantitative estimate of drug-likeness (QED) is 0.301. The average Bonchev–Trinajstić information content (AvgIpc) is 3.40.